The van der Waals surface area contributed by atoms with Crippen molar-refractivity contribution in [1.82, 2.24) is 9.55 Å². The second-order valence-electron chi connectivity index (χ2n) is 4.83. The largest absolute Gasteiger partial charge is 0.474 e. The van der Waals surface area contributed by atoms with Gasteiger partial charge in [0.2, 0.25) is 5.91 Å². The maximum Gasteiger partial charge on any atom is 0.394 e. The average molecular weight is 331 g/mol. The number of rotatable bonds is 2. The van der Waals surface area contributed by atoms with Crippen LogP contribution in [0.1, 0.15) is 0 Å². The lowest BCUT2D eigenvalue weighted by Crippen LogP contribution is -2.45. The number of amides is 2. The van der Waals surface area contributed by atoms with Crippen molar-refractivity contribution in [2.24, 2.45) is 0 Å². The highest BCUT2D eigenvalue weighted by molar-refractivity contribution is 6.39. The molecule has 0 spiro atoms. The molecule has 0 bridgehead atoms. The molecule has 0 radical (unpaired) electrons. The van der Waals surface area contributed by atoms with Crippen LogP contribution in [-0.2, 0) is 14.4 Å². The predicted molar refractivity (Wildman–Crippen MR) is 78.8 cm³/mol. The number of carbonyl (C=O) groups excluding carboxylic acids is 2. The highest BCUT2D eigenvalue weighted by atomic mass is 16.6. The molecule has 0 saturated carbocycles. The molecule has 1 aliphatic rings. The predicted octanol–water partition coefficient (Wildman–Crippen LogP) is 0.150. The molecular formula is C13H9N5O6. The van der Waals surface area contributed by atoms with E-state index in [-0.39, 0.29) is 22.7 Å². The molecule has 1 aliphatic heterocycles. The van der Waals surface area contributed by atoms with Crippen LogP contribution >= 0.6 is 0 Å². The van der Waals surface area contributed by atoms with E-state index in [4.69, 9.17) is 5.11 Å². The van der Waals surface area contributed by atoms with Gasteiger partial charge in [0.05, 0.1) is 22.6 Å². The molecule has 0 atom stereocenters. The molecule has 2 N–H and O–H groups in total. The summed E-state index contributed by atoms with van der Waals surface area (Å²) in [6.07, 6.45) is 4.18. The van der Waals surface area contributed by atoms with Gasteiger partial charge < -0.3 is 15.0 Å². The van der Waals surface area contributed by atoms with Crippen LogP contribution < -0.4 is 10.2 Å². The summed E-state index contributed by atoms with van der Waals surface area (Å²) in [7, 11) is 0. The molecule has 1 aromatic carbocycles. The summed E-state index contributed by atoms with van der Waals surface area (Å²) in [5.74, 6) is -3.70. The van der Waals surface area contributed by atoms with Gasteiger partial charge in [0.1, 0.15) is 12.2 Å². The number of hydrogen-bond donors (Lipinski definition) is 2. The zero-order valence-electron chi connectivity index (χ0n) is 11.9. The lowest BCUT2D eigenvalue weighted by Gasteiger charge is -2.28. The van der Waals surface area contributed by atoms with Gasteiger partial charge in [0.15, 0.2) is 0 Å². The zero-order chi connectivity index (χ0) is 17.4. The third-order valence-electron chi connectivity index (χ3n) is 3.37. The Labute approximate surface area is 133 Å². The molecule has 11 heteroatoms. The number of hydrogen-bond acceptors (Lipinski definition) is 6. The second kappa shape index (κ2) is 5.46. The quantitative estimate of drug-likeness (QED) is 0.452. The Balaban J connectivity index is 2.23. The fourth-order valence-electron chi connectivity index (χ4n) is 2.36. The van der Waals surface area contributed by atoms with Gasteiger partial charge in [0, 0.05) is 18.5 Å². The summed E-state index contributed by atoms with van der Waals surface area (Å²) in [5.41, 5.74) is -0.222. The van der Waals surface area contributed by atoms with Gasteiger partial charge in [-0.25, -0.2) is 9.78 Å². The normalized spacial score (nSPS) is 13.2. The number of nitro benzene ring substituents is 1. The van der Waals surface area contributed by atoms with Crippen molar-refractivity contribution in [1.29, 1.82) is 0 Å². The number of carboxylic acids is 1. The van der Waals surface area contributed by atoms with E-state index in [1.165, 1.54) is 29.4 Å². The number of carbonyl (C=O) groups is 3. The smallest absolute Gasteiger partial charge is 0.394 e. The number of nitrogens with zero attached hydrogens (tertiary/aromatic N) is 4. The third-order valence-corrected chi connectivity index (χ3v) is 3.37. The van der Waals surface area contributed by atoms with E-state index in [0.717, 1.165) is 11.0 Å². The molecule has 24 heavy (non-hydrogen) atoms. The van der Waals surface area contributed by atoms with Crippen LogP contribution in [0.15, 0.2) is 30.9 Å². The molecule has 0 aliphatic carbocycles. The minimum absolute atomic E-state index is 0.0172. The topological polar surface area (TPSA) is 148 Å². The van der Waals surface area contributed by atoms with E-state index in [1.807, 2.05) is 0 Å². The molecule has 0 fully saturated rings. The number of carboxylic acid groups (broad SMARTS) is 1. The first-order valence-corrected chi connectivity index (χ1v) is 6.54. The number of imidazole rings is 1. The Hall–Kier alpha value is -3.76. The maximum atomic E-state index is 11.8. The number of nitrogens with one attached hydrogen (secondary N) is 1. The van der Waals surface area contributed by atoms with E-state index >= 15 is 0 Å². The van der Waals surface area contributed by atoms with Crippen molar-refractivity contribution in [2.45, 2.75) is 0 Å². The van der Waals surface area contributed by atoms with Gasteiger partial charge >= 0.3 is 11.9 Å². The van der Waals surface area contributed by atoms with Crippen molar-refractivity contribution in [2.75, 3.05) is 16.8 Å². The van der Waals surface area contributed by atoms with Crippen LogP contribution in [0, 0.1) is 10.1 Å². The summed E-state index contributed by atoms with van der Waals surface area (Å²) < 4.78 is 1.35. The first-order chi connectivity index (χ1) is 11.4. The first kappa shape index (κ1) is 15.1. The van der Waals surface area contributed by atoms with E-state index in [1.54, 1.807) is 0 Å². The minimum Gasteiger partial charge on any atom is -0.474 e. The zero-order valence-corrected chi connectivity index (χ0v) is 11.9. The van der Waals surface area contributed by atoms with E-state index in [0.29, 0.717) is 0 Å². The van der Waals surface area contributed by atoms with Crippen LogP contribution in [0.5, 0.6) is 0 Å². The molecule has 0 unspecified atom stereocenters. The molecule has 122 valence electrons. The number of fused-ring (bicyclic) bond motifs is 1. The number of anilines is 2. The van der Waals surface area contributed by atoms with Crippen molar-refractivity contribution >= 4 is 34.8 Å². The fraction of sp³-hybridized carbons (Fsp3) is 0.0769. The van der Waals surface area contributed by atoms with Gasteiger partial charge in [-0.05, 0) is 6.07 Å². The Kier molecular flexibility index (Phi) is 3.45. The van der Waals surface area contributed by atoms with E-state index in [9.17, 15) is 24.5 Å². The Bertz CT molecular complexity index is 875. The molecule has 11 nitrogen and oxygen atoms in total. The van der Waals surface area contributed by atoms with Gasteiger partial charge in [-0.2, -0.15) is 0 Å². The summed E-state index contributed by atoms with van der Waals surface area (Å²) >= 11 is 0. The number of nitro groups is 1. The lowest BCUT2D eigenvalue weighted by atomic mass is 10.1. The highest BCUT2D eigenvalue weighted by Crippen LogP contribution is 2.37. The maximum absolute atomic E-state index is 11.8. The number of aliphatic carboxylic acids is 1. The summed E-state index contributed by atoms with van der Waals surface area (Å²) in [6, 6.07) is 2.33. The fourth-order valence-corrected chi connectivity index (χ4v) is 2.36. The van der Waals surface area contributed by atoms with E-state index < -0.39 is 29.3 Å². The average Bonchev–Trinajstić information content (AvgIpc) is 3.06. The minimum atomic E-state index is -1.74. The molecular weight excluding hydrogens is 322 g/mol. The van der Waals surface area contributed by atoms with Crippen LogP contribution in [0.3, 0.4) is 0 Å². The Morgan fingerprint density at radius 2 is 2.08 bits per heavy atom. The molecule has 3 rings (SSSR count). The van der Waals surface area contributed by atoms with Gasteiger partial charge in [-0.1, -0.05) is 0 Å². The van der Waals surface area contributed by atoms with Crippen molar-refractivity contribution in [3.63, 3.8) is 0 Å². The lowest BCUT2D eigenvalue weighted by molar-refractivity contribution is -0.384. The summed E-state index contributed by atoms with van der Waals surface area (Å²) in [6.45, 7) is -0.501. The third kappa shape index (κ3) is 2.43. The van der Waals surface area contributed by atoms with Crippen LogP contribution in [0.2, 0.25) is 0 Å². The van der Waals surface area contributed by atoms with Crippen LogP contribution in [0.4, 0.5) is 17.1 Å². The van der Waals surface area contributed by atoms with Crippen molar-refractivity contribution < 1.29 is 24.4 Å². The molecule has 2 aromatic rings. The van der Waals surface area contributed by atoms with Gasteiger partial charge in [-0.3, -0.25) is 24.6 Å². The molecule has 1 aromatic heterocycles. The molecule has 2 amide bonds. The van der Waals surface area contributed by atoms with Crippen LogP contribution in [-0.4, -0.2) is 43.9 Å². The second-order valence-corrected chi connectivity index (χ2v) is 4.83. The standard InChI is InChI=1S/C13H9N5O6/c19-11-5-17(12(20)13(21)22)8-4-9(16-2-1-14-6-16)10(18(23)24)3-7(8)15-11/h1-4,6H,5H2,(H,15,19)(H,21,22). The molecule has 2 heterocycles. The Morgan fingerprint density at radius 1 is 1.33 bits per heavy atom. The van der Waals surface area contributed by atoms with Crippen molar-refractivity contribution in [3.05, 3.63) is 41.0 Å². The summed E-state index contributed by atoms with van der Waals surface area (Å²) in [4.78, 5) is 49.6. The van der Waals surface area contributed by atoms with Crippen LogP contribution in [0.25, 0.3) is 5.69 Å². The monoisotopic (exact) mass is 331 g/mol. The highest BCUT2D eigenvalue weighted by Gasteiger charge is 2.33. The first-order valence-electron chi connectivity index (χ1n) is 6.54. The van der Waals surface area contributed by atoms with Gasteiger partial charge in [0.25, 0.3) is 5.69 Å². The molecule has 0 saturated heterocycles. The number of aromatic nitrogens is 2. The Morgan fingerprint density at radius 3 is 2.67 bits per heavy atom. The van der Waals surface area contributed by atoms with E-state index in [2.05, 4.69) is 10.3 Å². The SMILES string of the molecule is O=C1CN(C(=O)C(=O)O)c2cc(-n3ccnc3)c([N+](=O)[O-])cc2N1. The summed E-state index contributed by atoms with van der Waals surface area (Å²) in [5, 5.41) is 22.6. The number of benzene rings is 1. The van der Waals surface area contributed by atoms with Crippen molar-refractivity contribution in [3.8, 4) is 5.69 Å². The van der Waals surface area contributed by atoms with Gasteiger partial charge in [-0.15, -0.1) is 0 Å².